The predicted molar refractivity (Wildman–Crippen MR) is 47.5 cm³/mol. The molecule has 0 aromatic heterocycles. The highest BCUT2D eigenvalue weighted by Gasteiger charge is 2.43. The molecule has 0 spiro atoms. The van der Waals surface area contributed by atoms with E-state index in [-0.39, 0.29) is 0 Å². The largest absolute Gasteiger partial charge is 0.311 e. The van der Waals surface area contributed by atoms with Crippen LogP contribution in [-0.4, -0.2) is 12.1 Å². The maximum absolute atomic E-state index is 3.68. The minimum absolute atomic E-state index is 0.521. The van der Waals surface area contributed by atoms with Gasteiger partial charge in [0.25, 0.3) is 0 Å². The summed E-state index contributed by atoms with van der Waals surface area (Å²) in [5.74, 6) is 0.932. The molecule has 1 N–H and O–H groups in total. The van der Waals surface area contributed by atoms with Gasteiger partial charge in [0.1, 0.15) is 0 Å². The zero-order chi connectivity index (χ0) is 8.06. The first-order valence-corrected chi connectivity index (χ1v) is 4.83. The highest BCUT2D eigenvalue weighted by atomic mass is 15.0. The molecule has 3 atom stereocenters. The fraction of sp³-hybridized carbons (Fsp3) is 1.00. The summed E-state index contributed by atoms with van der Waals surface area (Å²) in [4.78, 5) is 0. The molecular formula is C10H19N. The van der Waals surface area contributed by atoms with E-state index < -0.39 is 0 Å². The fourth-order valence-electron chi connectivity index (χ4n) is 2.78. The minimum Gasteiger partial charge on any atom is -0.311 e. The Bertz CT molecular complexity index is 157. The van der Waals surface area contributed by atoms with Crippen molar-refractivity contribution in [1.82, 2.24) is 5.32 Å². The molecular weight excluding hydrogens is 134 g/mol. The highest BCUT2D eigenvalue weighted by molar-refractivity contribution is 5.00. The summed E-state index contributed by atoms with van der Waals surface area (Å²) in [7, 11) is 0. The maximum atomic E-state index is 3.68. The van der Waals surface area contributed by atoms with Crippen LogP contribution in [0.5, 0.6) is 0 Å². The van der Waals surface area contributed by atoms with Gasteiger partial charge in [-0.15, -0.1) is 0 Å². The lowest BCUT2D eigenvalue weighted by Gasteiger charge is -2.32. The fourth-order valence-corrected chi connectivity index (χ4v) is 2.78. The average Bonchev–Trinajstić information content (AvgIpc) is 2.42. The van der Waals surface area contributed by atoms with Crippen LogP contribution in [0.1, 0.15) is 40.0 Å². The van der Waals surface area contributed by atoms with E-state index in [0.29, 0.717) is 5.41 Å². The number of hydrogen-bond donors (Lipinski definition) is 1. The highest BCUT2D eigenvalue weighted by Crippen LogP contribution is 2.43. The lowest BCUT2D eigenvalue weighted by molar-refractivity contribution is 0.199. The van der Waals surface area contributed by atoms with Gasteiger partial charge in [-0.1, -0.05) is 20.8 Å². The van der Waals surface area contributed by atoms with E-state index in [9.17, 15) is 0 Å². The quantitative estimate of drug-likeness (QED) is 0.562. The summed E-state index contributed by atoms with van der Waals surface area (Å²) in [5, 5.41) is 3.68. The van der Waals surface area contributed by atoms with Gasteiger partial charge in [0.05, 0.1) is 0 Å². The van der Waals surface area contributed by atoms with E-state index in [1.165, 1.54) is 19.3 Å². The molecule has 11 heavy (non-hydrogen) atoms. The van der Waals surface area contributed by atoms with Crippen LogP contribution in [0.3, 0.4) is 0 Å². The Labute approximate surface area is 69.6 Å². The normalized spacial score (nSPS) is 43.4. The molecule has 1 nitrogen and oxygen atoms in total. The molecule has 0 aromatic rings. The van der Waals surface area contributed by atoms with Gasteiger partial charge >= 0.3 is 0 Å². The SMILES string of the molecule is CC(C)(C)C1CC2CCC1N2. The Morgan fingerprint density at radius 2 is 1.91 bits per heavy atom. The first kappa shape index (κ1) is 7.60. The van der Waals surface area contributed by atoms with E-state index in [1.54, 1.807) is 0 Å². The molecule has 2 rings (SSSR count). The molecule has 1 heteroatoms. The van der Waals surface area contributed by atoms with Gasteiger partial charge < -0.3 is 5.32 Å². The molecule has 0 saturated carbocycles. The van der Waals surface area contributed by atoms with Crippen molar-refractivity contribution < 1.29 is 0 Å². The second kappa shape index (κ2) is 2.22. The summed E-state index contributed by atoms with van der Waals surface area (Å²) in [6.45, 7) is 7.13. The van der Waals surface area contributed by atoms with Crippen molar-refractivity contribution in [2.75, 3.05) is 0 Å². The van der Waals surface area contributed by atoms with E-state index in [2.05, 4.69) is 26.1 Å². The van der Waals surface area contributed by atoms with Gasteiger partial charge in [-0.05, 0) is 30.6 Å². The van der Waals surface area contributed by atoms with Crippen molar-refractivity contribution in [3.63, 3.8) is 0 Å². The molecule has 2 aliphatic heterocycles. The van der Waals surface area contributed by atoms with Crippen molar-refractivity contribution in [1.29, 1.82) is 0 Å². The Morgan fingerprint density at radius 1 is 1.18 bits per heavy atom. The number of rotatable bonds is 0. The van der Waals surface area contributed by atoms with Crippen LogP contribution in [0.2, 0.25) is 0 Å². The van der Waals surface area contributed by atoms with E-state index in [0.717, 1.165) is 18.0 Å². The van der Waals surface area contributed by atoms with Gasteiger partial charge in [0, 0.05) is 12.1 Å². The van der Waals surface area contributed by atoms with Crippen molar-refractivity contribution in [3.05, 3.63) is 0 Å². The molecule has 0 aliphatic carbocycles. The van der Waals surface area contributed by atoms with Crippen LogP contribution in [-0.2, 0) is 0 Å². The van der Waals surface area contributed by atoms with Crippen molar-refractivity contribution in [2.45, 2.75) is 52.1 Å². The topological polar surface area (TPSA) is 12.0 Å². The lowest BCUT2D eigenvalue weighted by Crippen LogP contribution is -2.32. The summed E-state index contributed by atoms with van der Waals surface area (Å²) >= 11 is 0. The van der Waals surface area contributed by atoms with Crippen LogP contribution in [0.15, 0.2) is 0 Å². The molecule has 2 saturated heterocycles. The third kappa shape index (κ3) is 1.20. The first-order valence-electron chi connectivity index (χ1n) is 4.83. The third-order valence-corrected chi connectivity index (χ3v) is 3.41. The Kier molecular flexibility index (Phi) is 1.54. The van der Waals surface area contributed by atoms with Crippen molar-refractivity contribution >= 4 is 0 Å². The number of nitrogens with one attached hydrogen (secondary N) is 1. The molecule has 0 amide bonds. The average molecular weight is 153 g/mol. The predicted octanol–water partition coefficient (Wildman–Crippen LogP) is 2.17. The first-order chi connectivity index (χ1) is 5.07. The van der Waals surface area contributed by atoms with Crippen LogP contribution in [0, 0.1) is 11.3 Å². The zero-order valence-corrected chi connectivity index (χ0v) is 7.85. The van der Waals surface area contributed by atoms with Crippen LogP contribution in [0.4, 0.5) is 0 Å². The van der Waals surface area contributed by atoms with E-state index in [1.807, 2.05) is 0 Å². The Balaban J connectivity index is 2.08. The summed E-state index contributed by atoms with van der Waals surface area (Å²) < 4.78 is 0. The Hall–Kier alpha value is -0.0400. The van der Waals surface area contributed by atoms with Crippen LogP contribution >= 0.6 is 0 Å². The molecule has 2 fully saturated rings. The minimum atomic E-state index is 0.521. The van der Waals surface area contributed by atoms with Crippen LogP contribution < -0.4 is 5.32 Å². The zero-order valence-electron chi connectivity index (χ0n) is 7.85. The van der Waals surface area contributed by atoms with E-state index >= 15 is 0 Å². The summed E-state index contributed by atoms with van der Waals surface area (Å²) in [5.41, 5.74) is 0.521. The summed E-state index contributed by atoms with van der Waals surface area (Å²) in [6.07, 6.45) is 4.28. The van der Waals surface area contributed by atoms with Gasteiger partial charge in [0.2, 0.25) is 0 Å². The monoisotopic (exact) mass is 153 g/mol. The smallest absolute Gasteiger partial charge is 0.0104 e. The summed E-state index contributed by atoms with van der Waals surface area (Å²) in [6, 6.07) is 1.71. The second-order valence-electron chi connectivity index (χ2n) is 5.26. The van der Waals surface area contributed by atoms with Crippen molar-refractivity contribution in [3.8, 4) is 0 Å². The molecule has 0 radical (unpaired) electrons. The molecule has 2 heterocycles. The second-order valence-corrected chi connectivity index (χ2v) is 5.26. The number of hydrogen-bond acceptors (Lipinski definition) is 1. The van der Waals surface area contributed by atoms with Gasteiger partial charge in [0.15, 0.2) is 0 Å². The standard InChI is InChI=1S/C10H19N/c1-10(2,3)8-6-7-4-5-9(8)11-7/h7-9,11H,4-6H2,1-3H3. The van der Waals surface area contributed by atoms with Gasteiger partial charge in [-0.3, -0.25) is 0 Å². The number of fused-ring (bicyclic) bond motifs is 2. The molecule has 0 aromatic carbocycles. The third-order valence-electron chi connectivity index (χ3n) is 3.41. The van der Waals surface area contributed by atoms with E-state index in [4.69, 9.17) is 0 Å². The molecule has 3 unspecified atom stereocenters. The molecule has 64 valence electrons. The maximum Gasteiger partial charge on any atom is 0.0104 e. The van der Waals surface area contributed by atoms with Gasteiger partial charge in [-0.2, -0.15) is 0 Å². The van der Waals surface area contributed by atoms with Crippen molar-refractivity contribution in [2.24, 2.45) is 11.3 Å². The molecule has 2 aliphatic rings. The lowest BCUT2D eigenvalue weighted by atomic mass is 9.72. The van der Waals surface area contributed by atoms with Gasteiger partial charge in [-0.25, -0.2) is 0 Å². The van der Waals surface area contributed by atoms with Crippen LogP contribution in [0.25, 0.3) is 0 Å². The molecule has 2 bridgehead atoms. The Morgan fingerprint density at radius 3 is 2.18 bits per heavy atom.